The van der Waals surface area contributed by atoms with Gasteiger partial charge in [0.15, 0.2) is 0 Å². The van der Waals surface area contributed by atoms with Crippen LogP contribution in [-0.2, 0) is 9.47 Å². The first-order chi connectivity index (χ1) is 9.29. The Morgan fingerprint density at radius 2 is 2.47 bits per heavy atom. The second-order valence-electron chi connectivity index (χ2n) is 4.98. The van der Waals surface area contributed by atoms with E-state index in [1.807, 2.05) is 0 Å². The average molecular weight is 262 g/mol. The molecular weight excluding hydrogens is 244 g/mol. The summed E-state index contributed by atoms with van der Waals surface area (Å²) in [5.41, 5.74) is 1.81. The highest BCUT2D eigenvalue weighted by Gasteiger charge is 2.41. The van der Waals surface area contributed by atoms with Crippen molar-refractivity contribution in [3.8, 4) is 0 Å². The third kappa shape index (κ3) is 2.31. The summed E-state index contributed by atoms with van der Waals surface area (Å²) in [7, 11) is 1.69. The zero-order valence-corrected chi connectivity index (χ0v) is 11.0. The zero-order valence-electron chi connectivity index (χ0n) is 11.0. The summed E-state index contributed by atoms with van der Waals surface area (Å²) < 4.78 is 10.9. The molecule has 1 N–H and O–H groups in total. The number of carbonyl (C=O) groups excluding carboxylic acids is 1. The van der Waals surface area contributed by atoms with E-state index in [0.29, 0.717) is 12.2 Å². The molecule has 1 aromatic heterocycles. The van der Waals surface area contributed by atoms with Crippen LogP contribution in [0.2, 0.25) is 0 Å². The quantitative estimate of drug-likeness (QED) is 0.654. The number of rotatable bonds is 4. The molecule has 1 fully saturated rings. The lowest BCUT2D eigenvalue weighted by atomic mass is 10.1. The Balaban J connectivity index is 1.68. The average Bonchev–Trinajstić information content (AvgIpc) is 3.09. The van der Waals surface area contributed by atoms with Crippen molar-refractivity contribution in [2.24, 2.45) is 0 Å². The van der Waals surface area contributed by atoms with Gasteiger partial charge in [-0.2, -0.15) is 0 Å². The fourth-order valence-electron chi connectivity index (χ4n) is 2.95. The van der Waals surface area contributed by atoms with Crippen LogP contribution in [0.5, 0.6) is 0 Å². The summed E-state index contributed by atoms with van der Waals surface area (Å²) in [5.74, 6) is -0.253. The number of aromatic amines is 1. The number of fused-ring (bicyclic) bond motifs is 1. The number of esters is 1. The fourth-order valence-corrected chi connectivity index (χ4v) is 2.95. The van der Waals surface area contributed by atoms with Crippen molar-refractivity contribution >= 4 is 5.97 Å². The Morgan fingerprint density at radius 3 is 3.21 bits per heavy atom. The summed E-state index contributed by atoms with van der Waals surface area (Å²) >= 11 is 0. The van der Waals surface area contributed by atoms with E-state index in [-0.39, 0.29) is 18.1 Å². The molecule has 2 atom stereocenters. The minimum Gasteiger partial charge on any atom is -0.457 e. The summed E-state index contributed by atoms with van der Waals surface area (Å²) in [6, 6.07) is 1.93. The van der Waals surface area contributed by atoms with Crippen molar-refractivity contribution in [2.45, 2.75) is 18.6 Å². The van der Waals surface area contributed by atoms with E-state index in [2.05, 4.69) is 16.0 Å². The lowest BCUT2D eigenvalue weighted by Crippen LogP contribution is -2.35. The van der Waals surface area contributed by atoms with Crippen LogP contribution in [0.1, 0.15) is 16.8 Å². The Kier molecular flexibility index (Phi) is 3.40. The Bertz CT molecular complexity index is 481. The van der Waals surface area contributed by atoms with Gasteiger partial charge < -0.3 is 14.5 Å². The van der Waals surface area contributed by atoms with Crippen LogP contribution in [0.15, 0.2) is 30.1 Å². The second-order valence-corrected chi connectivity index (χ2v) is 4.98. The van der Waals surface area contributed by atoms with Crippen molar-refractivity contribution in [3.63, 3.8) is 0 Å². The number of hydrogen-bond donors (Lipinski definition) is 1. The molecule has 19 heavy (non-hydrogen) atoms. The van der Waals surface area contributed by atoms with Crippen LogP contribution in [0.25, 0.3) is 0 Å². The van der Waals surface area contributed by atoms with Gasteiger partial charge in [-0.15, -0.1) is 0 Å². The molecule has 102 valence electrons. The van der Waals surface area contributed by atoms with Gasteiger partial charge in [0.05, 0.1) is 18.2 Å². The van der Waals surface area contributed by atoms with E-state index in [1.54, 1.807) is 25.6 Å². The SMILES string of the molecule is COCC1=CCN2CCC(OC(=O)c3cc[nH]c3)C12. The van der Waals surface area contributed by atoms with Crippen molar-refractivity contribution < 1.29 is 14.3 Å². The lowest BCUT2D eigenvalue weighted by molar-refractivity contribution is 0.0251. The highest BCUT2D eigenvalue weighted by atomic mass is 16.5. The molecule has 1 saturated heterocycles. The van der Waals surface area contributed by atoms with Gasteiger partial charge in [-0.3, -0.25) is 4.90 Å². The molecule has 5 heteroatoms. The number of nitrogens with one attached hydrogen (secondary N) is 1. The number of H-pyrrole nitrogens is 1. The monoisotopic (exact) mass is 262 g/mol. The molecule has 2 aliphatic heterocycles. The fraction of sp³-hybridized carbons (Fsp3) is 0.500. The molecule has 5 nitrogen and oxygen atoms in total. The second kappa shape index (κ2) is 5.19. The topological polar surface area (TPSA) is 54.6 Å². The molecule has 0 aliphatic carbocycles. The van der Waals surface area contributed by atoms with Gasteiger partial charge in [0, 0.05) is 32.6 Å². The molecule has 2 aliphatic rings. The molecule has 0 bridgehead atoms. The molecule has 3 rings (SSSR count). The first-order valence-electron chi connectivity index (χ1n) is 6.55. The third-order valence-corrected chi connectivity index (χ3v) is 3.82. The Morgan fingerprint density at radius 1 is 1.58 bits per heavy atom. The van der Waals surface area contributed by atoms with E-state index < -0.39 is 0 Å². The highest BCUT2D eigenvalue weighted by molar-refractivity contribution is 5.89. The molecule has 0 spiro atoms. The van der Waals surface area contributed by atoms with Crippen LogP contribution in [0, 0.1) is 0 Å². The number of hydrogen-bond acceptors (Lipinski definition) is 4. The maximum Gasteiger partial charge on any atom is 0.340 e. The molecule has 2 unspecified atom stereocenters. The van der Waals surface area contributed by atoms with Gasteiger partial charge in [0.1, 0.15) is 6.10 Å². The minimum absolute atomic E-state index is 0.0636. The number of nitrogens with zero attached hydrogens (tertiary/aromatic N) is 1. The largest absolute Gasteiger partial charge is 0.457 e. The molecule has 0 aromatic carbocycles. The first kappa shape index (κ1) is 12.4. The van der Waals surface area contributed by atoms with Crippen molar-refractivity contribution in [1.82, 2.24) is 9.88 Å². The predicted octanol–water partition coefficient (Wildman–Crippen LogP) is 1.20. The van der Waals surface area contributed by atoms with Crippen molar-refractivity contribution in [1.29, 1.82) is 0 Å². The Labute approximate surface area is 112 Å². The van der Waals surface area contributed by atoms with Crippen molar-refractivity contribution in [2.75, 3.05) is 26.8 Å². The summed E-state index contributed by atoms with van der Waals surface area (Å²) in [6.45, 7) is 2.51. The molecular formula is C14H18N2O3. The zero-order chi connectivity index (χ0) is 13.2. The summed E-state index contributed by atoms with van der Waals surface area (Å²) in [4.78, 5) is 17.2. The van der Waals surface area contributed by atoms with Crippen LogP contribution < -0.4 is 0 Å². The maximum atomic E-state index is 12.0. The molecule has 3 heterocycles. The number of methoxy groups -OCH3 is 1. The smallest absolute Gasteiger partial charge is 0.340 e. The van der Waals surface area contributed by atoms with E-state index in [4.69, 9.17) is 9.47 Å². The van der Waals surface area contributed by atoms with Gasteiger partial charge in [-0.1, -0.05) is 6.08 Å². The molecule has 0 amide bonds. The van der Waals surface area contributed by atoms with E-state index >= 15 is 0 Å². The lowest BCUT2D eigenvalue weighted by Gasteiger charge is -2.23. The normalized spacial score (nSPS) is 26.3. The number of ether oxygens (including phenoxy) is 2. The van der Waals surface area contributed by atoms with Crippen LogP contribution in [-0.4, -0.2) is 54.8 Å². The summed E-state index contributed by atoms with van der Waals surface area (Å²) in [5, 5.41) is 0. The first-order valence-corrected chi connectivity index (χ1v) is 6.55. The molecule has 1 aromatic rings. The summed E-state index contributed by atoms with van der Waals surface area (Å²) in [6.07, 6.45) is 6.40. The highest BCUT2D eigenvalue weighted by Crippen LogP contribution is 2.31. The molecule has 0 radical (unpaired) electrons. The van der Waals surface area contributed by atoms with Gasteiger partial charge >= 0.3 is 5.97 Å². The van der Waals surface area contributed by atoms with Crippen LogP contribution in [0.3, 0.4) is 0 Å². The van der Waals surface area contributed by atoms with Gasteiger partial charge in [-0.25, -0.2) is 4.79 Å². The van der Waals surface area contributed by atoms with E-state index in [1.165, 1.54) is 5.57 Å². The van der Waals surface area contributed by atoms with E-state index in [0.717, 1.165) is 19.5 Å². The van der Waals surface area contributed by atoms with Gasteiger partial charge in [-0.05, 0) is 18.1 Å². The van der Waals surface area contributed by atoms with Crippen molar-refractivity contribution in [3.05, 3.63) is 35.7 Å². The minimum atomic E-state index is -0.253. The molecule has 0 saturated carbocycles. The standard InChI is InChI=1S/C14H18N2O3/c1-18-9-11-3-6-16-7-4-12(13(11)16)19-14(17)10-2-5-15-8-10/h2-3,5,8,12-13,15H,4,6-7,9H2,1H3. The third-order valence-electron chi connectivity index (χ3n) is 3.82. The van der Waals surface area contributed by atoms with E-state index in [9.17, 15) is 4.79 Å². The van der Waals surface area contributed by atoms with Gasteiger partial charge in [0.2, 0.25) is 0 Å². The maximum absolute atomic E-state index is 12.0. The number of aromatic nitrogens is 1. The van der Waals surface area contributed by atoms with Crippen LogP contribution in [0.4, 0.5) is 0 Å². The predicted molar refractivity (Wildman–Crippen MR) is 69.9 cm³/mol. The Hall–Kier alpha value is -1.59. The van der Waals surface area contributed by atoms with Gasteiger partial charge in [0.25, 0.3) is 0 Å². The van der Waals surface area contributed by atoms with Crippen LogP contribution >= 0.6 is 0 Å². The number of carbonyl (C=O) groups is 1.